The fraction of sp³-hybridized carbons (Fsp3) is 0.750. The predicted octanol–water partition coefficient (Wildman–Crippen LogP) is 2.57. The topological polar surface area (TPSA) is 156 Å². The molecule has 2 unspecified atom stereocenters. The van der Waals surface area contributed by atoms with E-state index in [0.717, 1.165) is 0 Å². The highest BCUT2D eigenvalue weighted by Gasteiger charge is 2.75. The van der Waals surface area contributed by atoms with Crippen molar-refractivity contribution in [1.29, 1.82) is 0 Å². The standard InChI is InChI=1S/C32H47FN2O7/c1-16(2)25(34)27(39)35-26(17(3)4)28(40)42-15-24(38)32(41)18(5)12-22-21-9-8-19-13-20(36)10-11-29(19,6)31(21,33)23(37)14-30(22,32)7/h10-11,13,16-18,21-23,25-26,37,41H,8-9,12,14-15,34H2,1-7H3,(H,35,39)/t18-,21+,22+,23+,25?,26?,29+,30+,31+,32+/m1/s1. The number of ether oxygens (including phenoxy) is 1. The largest absolute Gasteiger partial charge is 0.456 e. The number of Topliss-reactive ketones (excluding diaryl/α,β-unsaturated/α-hetero) is 1. The van der Waals surface area contributed by atoms with Crippen molar-refractivity contribution in [2.24, 2.45) is 46.2 Å². The molecule has 0 aliphatic heterocycles. The van der Waals surface area contributed by atoms with Gasteiger partial charge >= 0.3 is 5.97 Å². The number of esters is 1. The molecule has 0 saturated heterocycles. The van der Waals surface area contributed by atoms with E-state index in [2.05, 4.69) is 5.32 Å². The summed E-state index contributed by atoms with van der Waals surface area (Å²) in [6, 6.07) is -1.87. The lowest BCUT2D eigenvalue weighted by atomic mass is 9.44. The van der Waals surface area contributed by atoms with Gasteiger partial charge in [-0.05, 0) is 68.4 Å². The number of hydrogen-bond acceptors (Lipinski definition) is 8. The van der Waals surface area contributed by atoms with Crippen LogP contribution in [0.3, 0.4) is 0 Å². The van der Waals surface area contributed by atoms with E-state index in [1.54, 1.807) is 54.5 Å². The van der Waals surface area contributed by atoms with E-state index in [4.69, 9.17) is 10.5 Å². The fourth-order valence-corrected chi connectivity index (χ4v) is 8.53. The quantitative estimate of drug-likeness (QED) is 0.314. The van der Waals surface area contributed by atoms with E-state index in [1.165, 1.54) is 12.2 Å². The molecule has 1 amide bonds. The Bertz CT molecular complexity index is 1220. The molecule has 10 heteroatoms. The number of halogens is 1. The van der Waals surface area contributed by atoms with E-state index < -0.39 is 82.3 Å². The molecule has 4 rings (SSSR count). The van der Waals surface area contributed by atoms with Gasteiger partial charge in [0.25, 0.3) is 0 Å². The van der Waals surface area contributed by atoms with Crippen molar-refractivity contribution >= 4 is 23.4 Å². The number of hydrogen-bond donors (Lipinski definition) is 4. The van der Waals surface area contributed by atoms with Crippen LogP contribution < -0.4 is 11.1 Å². The number of rotatable bonds is 8. The lowest BCUT2D eigenvalue weighted by molar-refractivity contribution is -0.220. The minimum atomic E-state index is -2.08. The molecule has 0 aromatic carbocycles. The number of aliphatic hydroxyl groups excluding tert-OH is 1. The molecule has 42 heavy (non-hydrogen) atoms. The van der Waals surface area contributed by atoms with Crippen LogP contribution in [-0.2, 0) is 23.9 Å². The maximum atomic E-state index is 17.3. The second-order valence-electron chi connectivity index (χ2n) is 14.2. The van der Waals surface area contributed by atoms with Crippen molar-refractivity contribution in [2.75, 3.05) is 6.61 Å². The van der Waals surface area contributed by atoms with Gasteiger partial charge in [-0.3, -0.25) is 14.4 Å². The number of nitrogens with one attached hydrogen (secondary N) is 1. The number of carbonyl (C=O) groups is 4. The number of aliphatic hydroxyl groups is 2. The summed E-state index contributed by atoms with van der Waals surface area (Å²) in [6.45, 7) is 11.5. The molecule has 0 spiro atoms. The van der Waals surface area contributed by atoms with Gasteiger partial charge in [-0.15, -0.1) is 0 Å². The van der Waals surface area contributed by atoms with Crippen LogP contribution in [0.1, 0.15) is 74.1 Å². The highest BCUT2D eigenvalue weighted by Crippen LogP contribution is 2.70. The molecule has 10 atom stereocenters. The van der Waals surface area contributed by atoms with E-state index in [-0.39, 0.29) is 24.0 Å². The third-order valence-electron chi connectivity index (χ3n) is 11.2. The summed E-state index contributed by atoms with van der Waals surface area (Å²) in [5, 5.41) is 26.2. The number of allylic oxidation sites excluding steroid dienone is 4. The van der Waals surface area contributed by atoms with Crippen molar-refractivity contribution in [1.82, 2.24) is 5.32 Å². The Balaban J connectivity index is 1.56. The second kappa shape index (κ2) is 10.9. The van der Waals surface area contributed by atoms with Gasteiger partial charge in [-0.25, -0.2) is 9.18 Å². The van der Waals surface area contributed by atoms with E-state index in [9.17, 15) is 29.4 Å². The molecule has 0 bridgehead atoms. The van der Waals surface area contributed by atoms with Gasteiger partial charge in [0.05, 0.1) is 12.1 Å². The Morgan fingerprint density at radius 2 is 1.81 bits per heavy atom. The molecule has 4 aliphatic carbocycles. The van der Waals surface area contributed by atoms with Crippen LogP contribution in [0.2, 0.25) is 0 Å². The highest BCUT2D eigenvalue weighted by molar-refractivity contribution is 6.01. The molecule has 234 valence electrons. The third kappa shape index (κ3) is 4.59. The molecule has 9 nitrogen and oxygen atoms in total. The van der Waals surface area contributed by atoms with Crippen LogP contribution in [0, 0.1) is 40.4 Å². The van der Waals surface area contributed by atoms with Gasteiger partial charge < -0.3 is 26.0 Å². The Labute approximate surface area is 247 Å². The summed E-state index contributed by atoms with van der Waals surface area (Å²) in [4.78, 5) is 51.4. The molecule has 0 radical (unpaired) electrons. The normalized spacial score (nSPS) is 40.5. The van der Waals surface area contributed by atoms with Crippen LogP contribution in [-0.4, -0.2) is 69.7 Å². The number of ketones is 2. The number of alkyl halides is 1. The number of fused-ring (bicyclic) bond motifs is 5. The van der Waals surface area contributed by atoms with E-state index in [1.807, 2.05) is 0 Å². The zero-order valence-corrected chi connectivity index (χ0v) is 25.8. The van der Waals surface area contributed by atoms with Crippen molar-refractivity contribution in [3.63, 3.8) is 0 Å². The van der Waals surface area contributed by atoms with Crippen molar-refractivity contribution in [3.8, 4) is 0 Å². The first-order valence-electron chi connectivity index (χ1n) is 15.2. The van der Waals surface area contributed by atoms with Gasteiger partial charge in [-0.2, -0.15) is 0 Å². The van der Waals surface area contributed by atoms with Crippen molar-refractivity contribution < 1.29 is 38.5 Å². The highest BCUT2D eigenvalue weighted by atomic mass is 19.1. The molecule has 0 heterocycles. The number of nitrogens with two attached hydrogens (primary N) is 1. The molecule has 3 saturated carbocycles. The average molecular weight is 591 g/mol. The molecule has 3 fully saturated rings. The number of carbonyl (C=O) groups excluding carboxylic acids is 4. The Morgan fingerprint density at radius 1 is 1.17 bits per heavy atom. The lowest BCUT2D eigenvalue weighted by Gasteiger charge is -2.62. The maximum absolute atomic E-state index is 17.3. The SMILES string of the molecule is CC(C)C(N)C(=O)NC(C(=O)OCC(=O)[C@@]1(O)[C@H](C)C[C@H]2[C@@H]3CCC4=CC(=O)C=C[C@]4(C)[C@@]3(F)[C@@H](O)C[C@@]21C)C(C)C. The molecule has 0 aromatic rings. The minimum Gasteiger partial charge on any atom is -0.456 e. The number of amides is 1. The predicted molar refractivity (Wildman–Crippen MR) is 153 cm³/mol. The van der Waals surface area contributed by atoms with E-state index >= 15 is 4.39 Å². The van der Waals surface area contributed by atoms with Crippen LogP contribution >= 0.6 is 0 Å². The Kier molecular flexibility index (Phi) is 8.45. The van der Waals surface area contributed by atoms with Gasteiger partial charge in [0.1, 0.15) is 11.6 Å². The van der Waals surface area contributed by atoms with E-state index in [0.29, 0.717) is 24.8 Å². The van der Waals surface area contributed by atoms with Gasteiger partial charge in [0.15, 0.2) is 18.1 Å². The molecule has 0 aromatic heterocycles. The molecular formula is C32H47FN2O7. The lowest BCUT2D eigenvalue weighted by Crippen LogP contribution is -2.69. The average Bonchev–Trinajstić information content (AvgIpc) is 3.11. The van der Waals surface area contributed by atoms with Crippen LogP contribution in [0.15, 0.2) is 23.8 Å². The van der Waals surface area contributed by atoms with Crippen molar-refractivity contribution in [2.45, 2.75) is 104 Å². The summed E-state index contributed by atoms with van der Waals surface area (Å²) in [5.74, 6) is -4.44. The summed E-state index contributed by atoms with van der Waals surface area (Å²) in [7, 11) is 0. The van der Waals surface area contributed by atoms with Crippen LogP contribution in [0.5, 0.6) is 0 Å². The third-order valence-corrected chi connectivity index (χ3v) is 11.2. The molecule has 4 aliphatic rings. The molecular weight excluding hydrogens is 543 g/mol. The zero-order chi connectivity index (χ0) is 31.6. The smallest absolute Gasteiger partial charge is 0.329 e. The summed E-state index contributed by atoms with van der Waals surface area (Å²) in [6.07, 6.45) is 3.90. The Hall–Kier alpha value is -2.43. The first-order valence-corrected chi connectivity index (χ1v) is 15.2. The minimum absolute atomic E-state index is 0.151. The summed E-state index contributed by atoms with van der Waals surface area (Å²) >= 11 is 0. The van der Waals surface area contributed by atoms with Gasteiger partial charge in [0.2, 0.25) is 11.7 Å². The first-order chi connectivity index (χ1) is 19.4. The van der Waals surface area contributed by atoms with Gasteiger partial charge in [0, 0.05) is 16.7 Å². The second-order valence-corrected chi connectivity index (χ2v) is 14.2. The molecule has 5 N–H and O–H groups in total. The van der Waals surface area contributed by atoms with Crippen LogP contribution in [0.4, 0.5) is 4.39 Å². The monoisotopic (exact) mass is 590 g/mol. The van der Waals surface area contributed by atoms with Gasteiger partial charge in [-0.1, -0.05) is 53.2 Å². The summed E-state index contributed by atoms with van der Waals surface area (Å²) < 4.78 is 22.7. The first kappa shape index (κ1) is 32.5. The summed E-state index contributed by atoms with van der Waals surface area (Å²) in [5.41, 5.74) is 0.149. The van der Waals surface area contributed by atoms with Crippen LogP contribution in [0.25, 0.3) is 0 Å². The zero-order valence-electron chi connectivity index (χ0n) is 25.8. The van der Waals surface area contributed by atoms with Crippen molar-refractivity contribution in [3.05, 3.63) is 23.8 Å². The fourth-order valence-electron chi connectivity index (χ4n) is 8.53. The Morgan fingerprint density at radius 3 is 2.40 bits per heavy atom. The maximum Gasteiger partial charge on any atom is 0.329 e.